The van der Waals surface area contributed by atoms with Crippen LogP contribution in [-0.2, 0) is 4.74 Å². The molecule has 108 valence electrons. The first-order valence-corrected chi connectivity index (χ1v) is 6.18. The standard InChI is InChI=1S/C14H23NO4/c1-14(2,15)10-18-8-9-19-12-7-5-6-11(16-3)13(12)17-4/h5-7H,8-10,15H2,1-4H3. The third kappa shape index (κ3) is 5.36. The average Bonchev–Trinajstić information content (AvgIpc) is 2.36. The minimum absolute atomic E-state index is 0.326. The van der Waals surface area contributed by atoms with Crippen LogP contribution >= 0.6 is 0 Å². The molecule has 0 aliphatic carbocycles. The molecule has 0 fully saturated rings. The van der Waals surface area contributed by atoms with Gasteiger partial charge in [-0.3, -0.25) is 0 Å². The van der Waals surface area contributed by atoms with E-state index in [1.54, 1.807) is 14.2 Å². The Morgan fingerprint density at radius 3 is 2.32 bits per heavy atom. The maximum atomic E-state index is 5.81. The first kappa shape index (κ1) is 15.6. The molecule has 0 bridgehead atoms. The Labute approximate surface area is 114 Å². The van der Waals surface area contributed by atoms with Crippen molar-refractivity contribution in [3.63, 3.8) is 0 Å². The molecule has 0 aromatic heterocycles. The second-order valence-corrected chi connectivity index (χ2v) is 4.88. The molecule has 0 aliphatic rings. The number of rotatable bonds is 8. The van der Waals surface area contributed by atoms with Crippen LogP contribution in [0.25, 0.3) is 0 Å². The van der Waals surface area contributed by atoms with Gasteiger partial charge in [0, 0.05) is 5.54 Å². The summed E-state index contributed by atoms with van der Waals surface area (Å²) < 4.78 is 21.5. The molecule has 0 atom stereocenters. The average molecular weight is 269 g/mol. The Hall–Kier alpha value is -1.46. The van der Waals surface area contributed by atoms with Crippen LogP contribution in [-0.4, -0.2) is 39.6 Å². The lowest BCUT2D eigenvalue weighted by Crippen LogP contribution is -2.37. The van der Waals surface area contributed by atoms with Crippen LogP contribution in [0.4, 0.5) is 0 Å². The molecule has 0 saturated carbocycles. The molecule has 0 heterocycles. The Kier molecular flexibility index (Phi) is 5.92. The Morgan fingerprint density at radius 1 is 1.05 bits per heavy atom. The number of ether oxygens (including phenoxy) is 4. The molecule has 0 radical (unpaired) electrons. The maximum absolute atomic E-state index is 5.81. The number of hydrogen-bond acceptors (Lipinski definition) is 5. The highest BCUT2D eigenvalue weighted by molar-refractivity contribution is 5.50. The van der Waals surface area contributed by atoms with Crippen molar-refractivity contribution in [1.82, 2.24) is 0 Å². The summed E-state index contributed by atoms with van der Waals surface area (Å²) in [5, 5.41) is 0. The molecule has 0 unspecified atom stereocenters. The fourth-order valence-corrected chi connectivity index (χ4v) is 1.52. The van der Waals surface area contributed by atoms with E-state index in [2.05, 4.69) is 0 Å². The summed E-state index contributed by atoms with van der Waals surface area (Å²) in [6.45, 7) is 5.23. The maximum Gasteiger partial charge on any atom is 0.203 e. The summed E-state index contributed by atoms with van der Waals surface area (Å²) in [6, 6.07) is 5.49. The molecule has 1 aromatic rings. The molecule has 5 nitrogen and oxygen atoms in total. The zero-order chi connectivity index (χ0) is 14.3. The van der Waals surface area contributed by atoms with Crippen molar-refractivity contribution >= 4 is 0 Å². The predicted molar refractivity (Wildman–Crippen MR) is 74.1 cm³/mol. The summed E-state index contributed by atoms with van der Waals surface area (Å²) in [4.78, 5) is 0. The SMILES string of the molecule is COc1cccc(OCCOCC(C)(C)N)c1OC. The summed E-state index contributed by atoms with van der Waals surface area (Å²) in [7, 11) is 3.17. The molecule has 0 saturated heterocycles. The van der Waals surface area contributed by atoms with Crippen LogP contribution in [0.5, 0.6) is 17.2 Å². The first-order valence-electron chi connectivity index (χ1n) is 6.18. The highest BCUT2D eigenvalue weighted by Gasteiger charge is 2.12. The summed E-state index contributed by atoms with van der Waals surface area (Å²) in [6.07, 6.45) is 0. The highest BCUT2D eigenvalue weighted by Crippen LogP contribution is 2.36. The highest BCUT2D eigenvalue weighted by atomic mass is 16.5. The lowest BCUT2D eigenvalue weighted by molar-refractivity contribution is 0.0716. The van der Waals surface area contributed by atoms with Gasteiger partial charge in [-0.25, -0.2) is 0 Å². The molecule has 0 spiro atoms. The minimum Gasteiger partial charge on any atom is -0.493 e. The Bertz CT molecular complexity index is 388. The molecule has 0 amide bonds. The quantitative estimate of drug-likeness (QED) is 0.730. The van der Waals surface area contributed by atoms with Crippen LogP contribution < -0.4 is 19.9 Å². The topological polar surface area (TPSA) is 62.9 Å². The number of hydrogen-bond donors (Lipinski definition) is 1. The molecular formula is C14H23NO4. The smallest absolute Gasteiger partial charge is 0.203 e. The van der Waals surface area contributed by atoms with Crippen molar-refractivity contribution in [2.75, 3.05) is 34.0 Å². The molecule has 2 N–H and O–H groups in total. The van der Waals surface area contributed by atoms with Gasteiger partial charge in [-0.15, -0.1) is 0 Å². The van der Waals surface area contributed by atoms with Gasteiger partial charge in [0.1, 0.15) is 6.61 Å². The van der Waals surface area contributed by atoms with Gasteiger partial charge in [0.2, 0.25) is 5.75 Å². The lowest BCUT2D eigenvalue weighted by Gasteiger charge is -2.18. The van der Waals surface area contributed by atoms with E-state index < -0.39 is 0 Å². The number of para-hydroxylation sites is 1. The number of nitrogens with two attached hydrogens (primary N) is 1. The predicted octanol–water partition coefficient (Wildman–Crippen LogP) is 1.84. The third-order valence-corrected chi connectivity index (χ3v) is 2.33. The van der Waals surface area contributed by atoms with E-state index in [0.29, 0.717) is 37.1 Å². The molecule has 1 aromatic carbocycles. The van der Waals surface area contributed by atoms with Crippen LogP contribution in [0.1, 0.15) is 13.8 Å². The van der Waals surface area contributed by atoms with E-state index in [9.17, 15) is 0 Å². The van der Waals surface area contributed by atoms with E-state index in [0.717, 1.165) is 0 Å². The van der Waals surface area contributed by atoms with E-state index in [-0.39, 0.29) is 5.54 Å². The second kappa shape index (κ2) is 7.21. The second-order valence-electron chi connectivity index (χ2n) is 4.88. The molecule has 19 heavy (non-hydrogen) atoms. The fourth-order valence-electron chi connectivity index (χ4n) is 1.52. The van der Waals surface area contributed by atoms with Gasteiger partial charge < -0.3 is 24.7 Å². The molecular weight excluding hydrogens is 246 g/mol. The van der Waals surface area contributed by atoms with Gasteiger partial charge in [0.15, 0.2) is 11.5 Å². The van der Waals surface area contributed by atoms with E-state index >= 15 is 0 Å². The summed E-state index contributed by atoms with van der Waals surface area (Å²) >= 11 is 0. The van der Waals surface area contributed by atoms with Crippen molar-refractivity contribution in [3.05, 3.63) is 18.2 Å². The number of methoxy groups -OCH3 is 2. The van der Waals surface area contributed by atoms with E-state index in [1.807, 2.05) is 32.0 Å². The zero-order valence-electron chi connectivity index (χ0n) is 12.1. The largest absolute Gasteiger partial charge is 0.493 e. The first-order chi connectivity index (χ1) is 8.98. The third-order valence-electron chi connectivity index (χ3n) is 2.33. The normalized spacial score (nSPS) is 11.2. The molecule has 0 aliphatic heterocycles. The van der Waals surface area contributed by atoms with Crippen LogP contribution in [0, 0.1) is 0 Å². The van der Waals surface area contributed by atoms with Gasteiger partial charge in [-0.05, 0) is 26.0 Å². The van der Waals surface area contributed by atoms with Gasteiger partial charge in [0.05, 0.1) is 27.4 Å². The van der Waals surface area contributed by atoms with Crippen molar-refractivity contribution in [1.29, 1.82) is 0 Å². The Balaban J connectivity index is 2.45. The summed E-state index contributed by atoms with van der Waals surface area (Å²) in [5.41, 5.74) is 5.48. The Morgan fingerprint density at radius 2 is 1.74 bits per heavy atom. The van der Waals surface area contributed by atoms with E-state index in [4.69, 9.17) is 24.7 Å². The monoisotopic (exact) mass is 269 g/mol. The van der Waals surface area contributed by atoms with Gasteiger partial charge in [-0.2, -0.15) is 0 Å². The van der Waals surface area contributed by atoms with Gasteiger partial charge in [-0.1, -0.05) is 6.07 Å². The van der Waals surface area contributed by atoms with Crippen LogP contribution in [0.15, 0.2) is 18.2 Å². The summed E-state index contributed by atoms with van der Waals surface area (Å²) in [5.74, 6) is 1.87. The van der Waals surface area contributed by atoms with Gasteiger partial charge >= 0.3 is 0 Å². The fraction of sp³-hybridized carbons (Fsp3) is 0.571. The lowest BCUT2D eigenvalue weighted by atomic mass is 10.1. The van der Waals surface area contributed by atoms with Crippen LogP contribution in [0.2, 0.25) is 0 Å². The van der Waals surface area contributed by atoms with Gasteiger partial charge in [0.25, 0.3) is 0 Å². The van der Waals surface area contributed by atoms with Crippen molar-refractivity contribution in [2.45, 2.75) is 19.4 Å². The molecule has 5 heteroatoms. The minimum atomic E-state index is -0.326. The van der Waals surface area contributed by atoms with Crippen molar-refractivity contribution in [2.24, 2.45) is 5.73 Å². The van der Waals surface area contributed by atoms with Crippen LogP contribution in [0.3, 0.4) is 0 Å². The molecule has 1 rings (SSSR count). The number of benzene rings is 1. The zero-order valence-corrected chi connectivity index (χ0v) is 12.1. The van der Waals surface area contributed by atoms with Crippen molar-refractivity contribution in [3.8, 4) is 17.2 Å². The van der Waals surface area contributed by atoms with E-state index in [1.165, 1.54) is 0 Å². The van der Waals surface area contributed by atoms with Crippen molar-refractivity contribution < 1.29 is 18.9 Å².